The van der Waals surface area contributed by atoms with Crippen LogP contribution in [0.25, 0.3) is 0 Å². The van der Waals surface area contributed by atoms with Gasteiger partial charge in [-0.25, -0.2) is 12.8 Å². The fourth-order valence-corrected chi connectivity index (χ4v) is 3.22. The molecule has 0 atom stereocenters. The number of hydrogen-bond donors (Lipinski definition) is 0. The van der Waals surface area contributed by atoms with E-state index in [0.29, 0.717) is 6.54 Å². The van der Waals surface area contributed by atoms with Gasteiger partial charge in [0.1, 0.15) is 5.82 Å². The summed E-state index contributed by atoms with van der Waals surface area (Å²) in [6.07, 6.45) is 3.42. The molecule has 0 spiro atoms. The number of carbonyl (C=O) groups is 1. The van der Waals surface area contributed by atoms with Gasteiger partial charge in [0, 0.05) is 39.4 Å². The molecule has 0 fully saturated rings. The van der Waals surface area contributed by atoms with E-state index >= 15 is 0 Å². The molecule has 1 aromatic heterocycles. The summed E-state index contributed by atoms with van der Waals surface area (Å²) in [5.74, 6) is -0.879. The first-order valence-electron chi connectivity index (χ1n) is 7.13. The fraction of sp³-hybridized carbons (Fsp3) is 0.333. The summed E-state index contributed by atoms with van der Waals surface area (Å²) in [4.78, 5) is 13.6. The van der Waals surface area contributed by atoms with E-state index in [2.05, 4.69) is 5.10 Å². The van der Waals surface area contributed by atoms with Crippen molar-refractivity contribution in [3.8, 4) is 0 Å². The van der Waals surface area contributed by atoms with Crippen molar-refractivity contribution in [3.63, 3.8) is 0 Å². The first-order chi connectivity index (χ1) is 11.2. The molecule has 1 aromatic carbocycles. The summed E-state index contributed by atoms with van der Waals surface area (Å²) < 4.78 is 40.3. The number of rotatable bonds is 6. The zero-order valence-corrected chi connectivity index (χ0v) is 14.5. The molecule has 1 heterocycles. The van der Waals surface area contributed by atoms with Gasteiger partial charge in [-0.3, -0.25) is 9.48 Å². The Kier molecular flexibility index (Phi) is 5.35. The Morgan fingerprint density at radius 2 is 1.88 bits per heavy atom. The average molecular weight is 354 g/mol. The third-order valence-corrected chi connectivity index (χ3v) is 5.30. The van der Waals surface area contributed by atoms with Crippen molar-refractivity contribution >= 4 is 15.9 Å². The maximum absolute atomic E-state index is 12.9. The summed E-state index contributed by atoms with van der Waals surface area (Å²) in [6, 6.07) is 4.48. The number of amides is 1. The van der Waals surface area contributed by atoms with Gasteiger partial charge in [-0.15, -0.1) is 0 Å². The van der Waals surface area contributed by atoms with E-state index < -0.39 is 15.8 Å². The van der Waals surface area contributed by atoms with E-state index in [9.17, 15) is 17.6 Å². The minimum absolute atomic E-state index is 0.0610. The van der Waals surface area contributed by atoms with Crippen molar-refractivity contribution < 1.29 is 17.6 Å². The molecule has 1 amide bonds. The SMILES string of the molecule is CN(Cc1cnn(C)c1)C(=O)CN(C)S(=O)(=O)c1ccc(F)cc1. The van der Waals surface area contributed by atoms with Crippen LogP contribution in [0, 0.1) is 5.82 Å². The molecule has 0 bridgehead atoms. The van der Waals surface area contributed by atoms with Crippen LogP contribution in [0.4, 0.5) is 4.39 Å². The van der Waals surface area contributed by atoms with E-state index in [1.807, 2.05) is 0 Å². The molecule has 0 saturated carbocycles. The number of aromatic nitrogens is 2. The van der Waals surface area contributed by atoms with Crippen LogP contribution < -0.4 is 0 Å². The number of halogens is 1. The third-order valence-electron chi connectivity index (χ3n) is 3.48. The van der Waals surface area contributed by atoms with Crippen molar-refractivity contribution in [1.29, 1.82) is 0 Å². The Bertz CT molecular complexity index is 817. The number of carbonyl (C=O) groups excluding carboxylic acids is 1. The molecule has 0 unspecified atom stereocenters. The quantitative estimate of drug-likeness (QED) is 0.770. The molecule has 0 saturated heterocycles. The van der Waals surface area contributed by atoms with Crippen LogP contribution in [-0.4, -0.2) is 54.0 Å². The summed E-state index contributed by atoms with van der Waals surface area (Å²) in [7, 11) is 0.827. The van der Waals surface area contributed by atoms with Gasteiger partial charge >= 0.3 is 0 Å². The number of sulfonamides is 1. The molecular formula is C15H19FN4O3S. The smallest absolute Gasteiger partial charge is 0.243 e. The summed E-state index contributed by atoms with van der Waals surface area (Å²) in [5, 5.41) is 4.02. The van der Waals surface area contributed by atoms with E-state index in [0.717, 1.165) is 22.0 Å². The molecule has 0 aliphatic heterocycles. The molecule has 2 aromatic rings. The molecule has 24 heavy (non-hydrogen) atoms. The van der Waals surface area contributed by atoms with Crippen LogP contribution in [0.15, 0.2) is 41.6 Å². The van der Waals surface area contributed by atoms with Crippen LogP contribution in [0.2, 0.25) is 0 Å². The van der Waals surface area contributed by atoms with E-state index in [-0.39, 0.29) is 17.3 Å². The highest BCUT2D eigenvalue weighted by atomic mass is 32.2. The molecule has 0 radical (unpaired) electrons. The van der Waals surface area contributed by atoms with Crippen molar-refractivity contribution in [3.05, 3.63) is 48.0 Å². The average Bonchev–Trinajstić information content (AvgIpc) is 2.92. The second-order valence-corrected chi connectivity index (χ2v) is 7.53. The molecule has 2 rings (SSSR count). The predicted molar refractivity (Wildman–Crippen MR) is 85.9 cm³/mol. The van der Waals surface area contributed by atoms with Crippen molar-refractivity contribution in [1.82, 2.24) is 19.0 Å². The zero-order chi connectivity index (χ0) is 17.9. The lowest BCUT2D eigenvalue weighted by atomic mass is 10.3. The number of likely N-dealkylation sites (N-methyl/N-ethyl adjacent to an activating group) is 2. The highest BCUT2D eigenvalue weighted by Gasteiger charge is 2.24. The van der Waals surface area contributed by atoms with Crippen LogP contribution in [0.3, 0.4) is 0 Å². The Labute approximate surface area is 140 Å². The highest BCUT2D eigenvalue weighted by molar-refractivity contribution is 7.89. The Morgan fingerprint density at radius 1 is 1.25 bits per heavy atom. The fourth-order valence-electron chi connectivity index (χ4n) is 2.10. The molecule has 130 valence electrons. The standard InChI is InChI=1S/C15H19FN4O3S/c1-18(9-12-8-17-19(2)10-12)15(21)11-20(3)24(22,23)14-6-4-13(16)5-7-14/h4-8,10H,9,11H2,1-3H3. The Balaban J connectivity index is 2.03. The maximum Gasteiger partial charge on any atom is 0.243 e. The molecule has 7 nitrogen and oxygen atoms in total. The maximum atomic E-state index is 12.9. The lowest BCUT2D eigenvalue weighted by Crippen LogP contribution is -2.39. The van der Waals surface area contributed by atoms with Crippen molar-refractivity contribution in [2.45, 2.75) is 11.4 Å². The van der Waals surface area contributed by atoms with Gasteiger partial charge in [-0.2, -0.15) is 9.40 Å². The topological polar surface area (TPSA) is 75.5 Å². The highest BCUT2D eigenvalue weighted by Crippen LogP contribution is 2.15. The van der Waals surface area contributed by atoms with E-state index in [4.69, 9.17) is 0 Å². The van der Waals surface area contributed by atoms with E-state index in [1.54, 1.807) is 31.2 Å². The summed E-state index contributed by atoms with van der Waals surface area (Å²) >= 11 is 0. The molecular weight excluding hydrogens is 335 g/mol. The molecule has 0 N–H and O–H groups in total. The minimum atomic E-state index is -3.85. The minimum Gasteiger partial charge on any atom is -0.340 e. The normalized spacial score (nSPS) is 11.7. The van der Waals surface area contributed by atoms with Crippen LogP contribution >= 0.6 is 0 Å². The van der Waals surface area contributed by atoms with Crippen LogP contribution in [0.5, 0.6) is 0 Å². The molecule has 9 heteroatoms. The first kappa shape index (κ1) is 18.1. The monoisotopic (exact) mass is 354 g/mol. The number of nitrogens with zero attached hydrogens (tertiary/aromatic N) is 4. The van der Waals surface area contributed by atoms with Gasteiger partial charge in [-0.1, -0.05) is 0 Å². The number of hydrogen-bond acceptors (Lipinski definition) is 4. The number of benzene rings is 1. The van der Waals surface area contributed by atoms with Gasteiger partial charge in [-0.05, 0) is 24.3 Å². The van der Waals surface area contributed by atoms with Gasteiger partial charge in [0.25, 0.3) is 0 Å². The van der Waals surface area contributed by atoms with Gasteiger partial charge in [0.15, 0.2) is 0 Å². The lowest BCUT2D eigenvalue weighted by Gasteiger charge is -2.21. The lowest BCUT2D eigenvalue weighted by molar-refractivity contribution is -0.130. The van der Waals surface area contributed by atoms with Gasteiger partial charge < -0.3 is 4.90 Å². The Morgan fingerprint density at radius 3 is 2.42 bits per heavy atom. The third kappa shape index (κ3) is 4.18. The molecule has 0 aliphatic rings. The predicted octanol–water partition coefficient (Wildman–Crippen LogP) is 0.838. The van der Waals surface area contributed by atoms with Gasteiger partial charge in [0.2, 0.25) is 15.9 Å². The molecule has 0 aliphatic carbocycles. The largest absolute Gasteiger partial charge is 0.340 e. The summed E-state index contributed by atoms with van der Waals surface area (Å²) in [6.45, 7) is 0.0214. The summed E-state index contributed by atoms with van der Waals surface area (Å²) in [5.41, 5.74) is 0.845. The van der Waals surface area contributed by atoms with Crippen LogP contribution in [0.1, 0.15) is 5.56 Å². The Hall–Kier alpha value is -2.26. The zero-order valence-electron chi connectivity index (χ0n) is 13.7. The van der Waals surface area contributed by atoms with Gasteiger partial charge in [0.05, 0.1) is 17.6 Å². The first-order valence-corrected chi connectivity index (χ1v) is 8.57. The van der Waals surface area contributed by atoms with Crippen LogP contribution in [-0.2, 0) is 28.4 Å². The van der Waals surface area contributed by atoms with Crippen molar-refractivity contribution in [2.24, 2.45) is 7.05 Å². The second kappa shape index (κ2) is 7.10. The number of aryl methyl sites for hydroxylation is 1. The van der Waals surface area contributed by atoms with E-state index in [1.165, 1.54) is 24.1 Å². The van der Waals surface area contributed by atoms with Crippen molar-refractivity contribution in [2.75, 3.05) is 20.6 Å². The second-order valence-electron chi connectivity index (χ2n) is 5.49.